The van der Waals surface area contributed by atoms with E-state index in [9.17, 15) is 19.5 Å². The van der Waals surface area contributed by atoms with Crippen LogP contribution < -0.4 is 16.0 Å². The molecule has 0 saturated heterocycles. The molecule has 4 aromatic rings. The van der Waals surface area contributed by atoms with Crippen molar-refractivity contribution in [2.45, 2.75) is 26.3 Å². The Balaban J connectivity index is 1.53. The van der Waals surface area contributed by atoms with Crippen molar-refractivity contribution < 1.29 is 19.5 Å². The highest BCUT2D eigenvalue weighted by Crippen LogP contribution is 2.31. The third-order valence-electron chi connectivity index (χ3n) is 5.76. The summed E-state index contributed by atoms with van der Waals surface area (Å²) in [7, 11) is 0. The maximum absolute atomic E-state index is 13.1. The molecule has 10 nitrogen and oxygen atoms in total. The highest BCUT2D eigenvalue weighted by atomic mass is 32.1. The lowest BCUT2D eigenvalue weighted by molar-refractivity contribution is -0.112. The zero-order valence-corrected chi connectivity index (χ0v) is 21.6. The van der Waals surface area contributed by atoms with Crippen molar-refractivity contribution in [1.82, 2.24) is 15.5 Å². The SMILES string of the molecule is C/C(O)=C(/C#N)C(=O)Nc1ccccc1C(=O)Nc1[nH]nc2sc(C(=O)NC(C)(C)c3ccccc3)cc12. The number of allylic oxidation sites excluding steroid dienone is 1. The summed E-state index contributed by atoms with van der Waals surface area (Å²) in [6.45, 7) is 5.05. The molecule has 0 atom stereocenters. The number of nitrogens with zero attached hydrogens (tertiary/aromatic N) is 2. The van der Waals surface area contributed by atoms with Crippen LogP contribution in [0.15, 0.2) is 72.0 Å². The number of nitrogens with one attached hydrogen (secondary N) is 4. The van der Waals surface area contributed by atoms with Crippen LogP contribution in [0.25, 0.3) is 10.2 Å². The quantitative estimate of drug-likeness (QED) is 0.131. The molecule has 2 aromatic heterocycles. The molecule has 0 fully saturated rings. The average Bonchev–Trinajstić information content (AvgIpc) is 3.47. The van der Waals surface area contributed by atoms with E-state index in [1.54, 1.807) is 24.3 Å². The maximum atomic E-state index is 13.1. The van der Waals surface area contributed by atoms with Crippen LogP contribution in [0.5, 0.6) is 0 Å². The predicted molar refractivity (Wildman–Crippen MR) is 145 cm³/mol. The number of fused-ring (bicyclic) bond motifs is 1. The van der Waals surface area contributed by atoms with Gasteiger partial charge in [0.05, 0.1) is 27.1 Å². The molecule has 0 bridgehead atoms. The van der Waals surface area contributed by atoms with Gasteiger partial charge in [-0.1, -0.05) is 42.5 Å². The first kappa shape index (κ1) is 26.1. The second kappa shape index (κ2) is 10.6. The van der Waals surface area contributed by atoms with Crippen LogP contribution in [0.2, 0.25) is 0 Å². The summed E-state index contributed by atoms with van der Waals surface area (Å²) in [5, 5.41) is 34.4. The van der Waals surface area contributed by atoms with Gasteiger partial charge in [-0.05, 0) is 44.5 Å². The van der Waals surface area contributed by atoms with Gasteiger partial charge in [0.2, 0.25) is 0 Å². The third-order valence-corrected chi connectivity index (χ3v) is 6.78. The zero-order chi connectivity index (χ0) is 27.4. The summed E-state index contributed by atoms with van der Waals surface area (Å²) in [5.41, 5.74) is 0.157. The van der Waals surface area contributed by atoms with Crippen LogP contribution in [0.3, 0.4) is 0 Å². The van der Waals surface area contributed by atoms with E-state index in [0.717, 1.165) is 5.56 Å². The number of rotatable bonds is 7. The summed E-state index contributed by atoms with van der Waals surface area (Å²) in [4.78, 5) is 39.5. The van der Waals surface area contributed by atoms with E-state index in [4.69, 9.17) is 5.26 Å². The van der Waals surface area contributed by atoms with E-state index < -0.39 is 28.7 Å². The van der Waals surface area contributed by atoms with Gasteiger partial charge in [0.15, 0.2) is 5.57 Å². The minimum atomic E-state index is -0.844. The molecule has 38 heavy (non-hydrogen) atoms. The van der Waals surface area contributed by atoms with Crippen molar-refractivity contribution >= 4 is 50.8 Å². The lowest BCUT2D eigenvalue weighted by Crippen LogP contribution is -2.40. The number of anilines is 2. The number of carbonyl (C=O) groups excluding carboxylic acids is 3. The van der Waals surface area contributed by atoms with E-state index in [1.165, 1.54) is 30.4 Å². The number of aromatic nitrogens is 2. The fourth-order valence-electron chi connectivity index (χ4n) is 3.74. The van der Waals surface area contributed by atoms with Crippen LogP contribution >= 0.6 is 11.3 Å². The minimum Gasteiger partial charge on any atom is -0.511 e. The largest absolute Gasteiger partial charge is 0.511 e. The molecule has 4 rings (SSSR count). The number of amides is 3. The van der Waals surface area contributed by atoms with E-state index in [-0.39, 0.29) is 23.0 Å². The number of aliphatic hydroxyl groups is 1. The number of benzene rings is 2. The summed E-state index contributed by atoms with van der Waals surface area (Å²) in [6, 6.07) is 19.1. The van der Waals surface area contributed by atoms with Crippen LogP contribution in [0.4, 0.5) is 11.5 Å². The van der Waals surface area contributed by atoms with E-state index >= 15 is 0 Å². The number of H-pyrrole nitrogens is 1. The number of hydrogen-bond acceptors (Lipinski definition) is 7. The normalized spacial score (nSPS) is 11.8. The van der Waals surface area contributed by atoms with Gasteiger partial charge in [-0.2, -0.15) is 10.4 Å². The number of aromatic amines is 1. The zero-order valence-electron chi connectivity index (χ0n) is 20.7. The van der Waals surface area contributed by atoms with Gasteiger partial charge in [0.1, 0.15) is 22.5 Å². The van der Waals surface area contributed by atoms with Crippen LogP contribution in [0.1, 0.15) is 46.4 Å². The molecule has 0 spiro atoms. The Morgan fingerprint density at radius 1 is 1.03 bits per heavy atom. The van der Waals surface area contributed by atoms with Crippen LogP contribution in [-0.4, -0.2) is 33.0 Å². The summed E-state index contributed by atoms with van der Waals surface area (Å²) < 4.78 is 0. The van der Waals surface area contributed by atoms with Crippen molar-refractivity contribution in [2.75, 3.05) is 10.6 Å². The monoisotopic (exact) mass is 528 g/mol. The van der Waals surface area contributed by atoms with Crippen LogP contribution in [-0.2, 0) is 10.3 Å². The number of carbonyl (C=O) groups is 3. The van der Waals surface area contributed by atoms with Crippen molar-refractivity contribution in [3.8, 4) is 6.07 Å². The second-order valence-electron chi connectivity index (χ2n) is 8.90. The Labute approximate surface area is 222 Å². The van der Waals surface area contributed by atoms with Crippen LogP contribution in [0, 0.1) is 11.3 Å². The fraction of sp³-hybridized carbons (Fsp3) is 0.148. The molecular formula is C27H24N6O4S. The van der Waals surface area contributed by atoms with Gasteiger partial charge in [-0.3, -0.25) is 19.5 Å². The minimum absolute atomic E-state index is 0.120. The van der Waals surface area contributed by atoms with Gasteiger partial charge < -0.3 is 21.1 Å². The Kier molecular flexibility index (Phi) is 7.27. The average molecular weight is 529 g/mol. The number of para-hydroxylation sites is 1. The van der Waals surface area contributed by atoms with E-state index in [2.05, 4.69) is 26.1 Å². The Hall–Kier alpha value is -4.95. The Bertz CT molecular complexity index is 1610. The number of nitriles is 1. The molecule has 2 heterocycles. The Morgan fingerprint density at radius 3 is 2.39 bits per heavy atom. The van der Waals surface area contributed by atoms with Gasteiger partial charge >= 0.3 is 0 Å². The molecule has 0 saturated carbocycles. The van der Waals surface area contributed by atoms with E-state index in [1.807, 2.05) is 44.2 Å². The first-order chi connectivity index (χ1) is 18.1. The number of aliphatic hydroxyl groups excluding tert-OH is 1. The molecule has 11 heteroatoms. The molecule has 0 aliphatic carbocycles. The molecule has 192 valence electrons. The number of hydrogen-bond donors (Lipinski definition) is 5. The van der Waals surface area contributed by atoms with Crippen molar-refractivity contribution in [2.24, 2.45) is 0 Å². The number of thiophene rings is 1. The van der Waals surface area contributed by atoms with Crippen molar-refractivity contribution in [3.05, 3.63) is 88.0 Å². The molecule has 0 aliphatic heterocycles. The van der Waals surface area contributed by atoms with Gasteiger partial charge in [-0.15, -0.1) is 11.3 Å². The second-order valence-corrected chi connectivity index (χ2v) is 9.93. The summed E-state index contributed by atoms with van der Waals surface area (Å²) in [6.07, 6.45) is 0. The molecule has 5 N–H and O–H groups in total. The molecule has 0 unspecified atom stereocenters. The van der Waals surface area contributed by atoms with Gasteiger partial charge in [0, 0.05) is 0 Å². The first-order valence-corrected chi connectivity index (χ1v) is 12.3. The van der Waals surface area contributed by atoms with Crippen molar-refractivity contribution in [3.63, 3.8) is 0 Å². The highest BCUT2D eigenvalue weighted by molar-refractivity contribution is 7.20. The first-order valence-electron chi connectivity index (χ1n) is 11.5. The van der Waals surface area contributed by atoms with Gasteiger partial charge in [0.25, 0.3) is 17.7 Å². The Morgan fingerprint density at radius 2 is 1.71 bits per heavy atom. The topological polar surface area (TPSA) is 160 Å². The molecule has 2 aromatic carbocycles. The molecule has 0 aliphatic rings. The van der Waals surface area contributed by atoms with E-state index in [0.29, 0.717) is 15.1 Å². The third kappa shape index (κ3) is 5.40. The lowest BCUT2D eigenvalue weighted by Gasteiger charge is -2.26. The summed E-state index contributed by atoms with van der Waals surface area (Å²) in [5.74, 6) is -1.82. The molecular weight excluding hydrogens is 504 g/mol. The lowest BCUT2D eigenvalue weighted by atomic mass is 9.94. The maximum Gasteiger partial charge on any atom is 0.269 e. The highest BCUT2D eigenvalue weighted by Gasteiger charge is 2.25. The molecule has 3 amide bonds. The standard InChI is InChI=1S/C27H24N6O4S/c1-15(34)19(14-28)24(36)29-20-12-8-7-11-17(20)23(35)30-22-18-13-21(38-26(18)33-32-22)25(37)31-27(2,3)16-9-5-4-6-10-16/h4-13,34H,1-3H3,(H,29,36)(H,31,37)(H2,30,32,33,35)/b19-15+. The summed E-state index contributed by atoms with van der Waals surface area (Å²) >= 11 is 1.18. The predicted octanol–water partition coefficient (Wildman–Crippen LogP) is 4.84. The fourth-order valence-corrected chi connectivity index (χ4v) is 4.63. The van der Waals surface area contributed by atoms with Gasteiger partial charge in [-0.25, -0.2) is 0 Å². The van der Waals surface area contributed by atoms with Crippen molar-refractivity contribution in [1.29, 1.82) is 5.26 Å². The molecule has 0 radical (unpaired) electrons. The smallest absolute Gasteiger partial charge is 0.269 e.